The molecule has 1 heterocycles. The number of rotatable bonds is 3. The number of nitrogens with zero attached hydrogens (tertiary/aromatic N) is 1. The smallest absolute Gasteiger partial charge is 0.229 e. The molecule has 0 bridgehead atoms. The maximum Gasteiger partial charge on any atom is 0.229 e. The SMILES string of the molecule is Cc1cc(NC(=O)C2CC(=O)N(c3ccccc3Cl)C2)c(C)cc1Br. The Balaban J connectivity index is 1.75. The largest absolute Gasteiger partial charge is 0.326 e. The van der Waals surface area contributed by atoms with E-state index >= 15 is 0 Å². The van der Waals surface area contributed by atoms with Crippen molar-refractivity contribution in [2.24, 2.45) is 5.92 Å². The number of para-hydroxylation sites is 1. The normalized spacial score (nSPS) is 17.0. The Kier molecular flexibility index (Phi) is 5.16. The zero-order valence-corrected chi connectivity index (χ0v) is 16.3. The fraction of sp³-hybridized carbons (Fsp3) is 0.263. The van der Waals surface area contributed by atoms with Crippen LogP contribution in [0.5, 0.6) is 0 Å². The first-order chi connectivity index (χ1) is 11.9. The molecular formula is C19H18BrClN2O2. The number of hydrogen-bond acceptors (Lipinski definition) is 2. The van der Waals surface area contributed by atoms with Gasteiger partial charge in [0.15, 0.2) is 0 Å². The summed E-state index contributed by atoms with van der Waals surface area (Å²) in [5, 5.41) is 3.47. The summed E-state index contributed by atoms with van der Waals surface area (Å²) in [5.41, 5.74) is 3.44. The molecule has 2 amide bonds. The Labute approximate surface area is 160 Å². The molecule has 25 heavy (non-hydrogen) atoms. The van der Waals surface area contributed by atoms with Crippen molar-refractivity contribution < 1.29 is 9.59 Å². The minimum absolute atomic E-state index is 0.0861. The van der Waals surface area contributed by atoms with E-state index in [-0.39, 0.29) is 18.2 Å². The van der Waals surface area contributed by atoms with E-state index in [1.54, 1.807) is 17.0 Å². The molecule has 2 aromatic rings. The molecule has 1 atom stereocenters. The molecule has 1 saturated heterocycles. The van der Waals surface area contributed by atoms with Crippen molar-refractivity contribution in [3.8, 4) is 0 Å². The maximum absolute atomic E-state index is 12.6. The fourth-order valence-electron chi connectivity index (χ4n) is 2.94. The summed E-state index contributed by atoms with van der Waals surface area (Å²) < 4.78 is 1.00. The van der Waals surface area contributed by atoms with E-state index in [1.807, 2.05) is 38.1 Å². The molecule has 1 N–H and O–H groups in total. The van der Waals surface area contributed by atoms with Crippen LogP contribution in [0.2, 0.25) is 5.02 Å². The number of amides is 2. The van der Waals surface area contributed by atoms with E-state index in [4.69, 9.17) is 11.6 Å². The fourth-order valence-corrected chi connectivity index (χ4v) is 3.63. The first-order valence-corrected chi connectivity index (χ1v) is 9.16. The second-order valence-electron chi connectivity index (χ2n) is 6.26. The Morgan fingerprint density at radius 2 is 1.96 bits per heavy atom. The zero-order chi connectivity index (χ0) is 18.1. The summed E-state index contributed by atoms with van der Waals surface area (Å²) >= 11 is 9.67. The predicted molar refractivity (Wildman–Crippen MR) is 104 cm³/mol. The molecule has 6 heteroatoms. The second kappa shape index (κ2) is 7.18. The summed E-state index contributed by atoms with van der Waals surface area (Å²) in [4.78, 5) is 26.6. The Hall–Kier alpha value is -1.85. The van der Waals surface area contributed by atoms with Crippen LogP contribution in [0.3, 0.4) is 0 Å². The van der Waals surface area contributed by atoms with Crippen molar-refractivity contribution in [3.05, 3.63) is 57.0 Å². The third-order valence-corrected chi connectivity index (χ3v) is 5.58. The summed E-state index contributed by atoms with van der Waals surface area (Å²) in [6, 6.07) is 11.1. The quantitative estimate of drug-likeness (QED) is 0.780. The van der Waals surface area contributed by atoms with Gasteiger partial charge in [0.2, 0.25) is 11.8 Å². The summed E-state index contributed by atoms with van der Waals surface area (Å²) in [6.07, 6.45) is 0.186. The standard InChI is InChI=1S/C19H18BrClN2O2/c1-11-8-16(12(2)7-14(11)20)22-19(25)13-9-18(24)23(10-13)17-6-4-3-5-15(17)21/h3-8,13H,9-10H2,1-2H3,(H,22,25). The van der Waals surface area contributed by atoms with Crippen LogP contribution in [0, 0.1) is 19.8 Å². The van der Waals surface area contributed by atoms with Crippen LogP contribution in [-0.4, -0.2) is 18.4 Å². The number of anilines is 2. The third kappa shape index (κ3) is 3.72. The molecule has 130 valence electrons. The minimum atomic E-state index is -0.396. The Morgan fingerprint density at radius 3 is 2.68 bits per heavy atom. The van der Waals surface area contributed by atoms with Crippen molar-refractivity contribution in [1.82, 2.24) is 0 Å². The van der Waals surface area contributed by atoms with Gasteiger partial charge in [-0.1, -0.05) is 39.7 Å². The Morgan fingerprint density at radius 1 is 1.24 bits per heavy atom. The molecule has 0 aromatic heterocycles. The number of benzene rings is 2. The van der Waals surface area contributed by atoms with Crippen LogP contribution >= 0.6 is 27.5 Å². The summed E-state index contributed by atoms with van der Waals surface area (Å²) in [6.45, 7) is 4.25. The topological polar surface area (TPSA) is 49.4 Å². The van der Waals surface area contributed by atoms with Crippen molar-refractivity contribution in [1.29, 1.82) is 0 Å². The van der Waals surface area contributed by atoms with E-state index in [0.717, 1.165) is 21.3 Å². The van der Waals surface area contributed by atoms with E-state index < -0.39 is 5.92 Å². The molecule has 1 fully saturated rings. The van der Waals surface area contributed by atoms with Crippen molar-refractivity contribution >= 4 is 50.7 Å². The highest BCUT2D eigenvalue weighted by molar-refractivity contribution is 9.10. The average molecular weight is 422 g/mol. The monoisotopic (exact) mass is 420 g/mol. The van der Waals surface area contributed by atoms with Crippen molar-refractivity contribution in [2.75, 3.05) is 16.8 Å². The molecule has 0 radical (unpaired) electrons. The Bertz CT molecular complexity index is 853. The van der Waals surface area contributed by atoms with Crippen LogP contribution in [0.4, 0.5) is 11.4 Å². The summed E-state index contributed by atoms with van der Waals surface area (Å²) in [7, 11) is 0. The lowest BCUT2D eigenvalue weighted by Gasteiger charge is -2.18. The van der Waals surface area contributed by atoms with Gasteiger partial charge in [0.1, 0.15) is 0 Å². The van der Waals surface area contributed by atoms with E-state index in [9.17, 15) is 9.59 Å². The van der Waals surface area contributed by atoms with Crippen LogP contribution in [0.25, 0.3) is 0 Å². The van der Waals surface area contributed by atoms with Crippen molar-refractivity contribution in [3.63, 3.8) is 0 Å². The molecule has 1 unspecified atom stereocenters. The van der Waals surface area contributed by atoms with E-state index in [1.165, 1.54) is 0 Å². The third-order valence-electron chi connectivity index (χ3n) is 4.40. The minimum Gasteiger partial charge on any atom is -0.326 e. The van der Waals surface area contributed by atoms with E-state index in [2.05, 4.69) is 21.2 Å². The van der Waals surface area contributed by atoms with Crippen LogP contribution in [0.1, 0.15) is 17.5 Å². The highest BCUT2D eigenvalue weighted by Crippen LogP contribution is 2.32. The van der Waals surface area contributed by atoms with E-state index in [0.29, 0.717) is 17.3 Å². The number of nitrogens with one attached hydrogen (secondary N) is 1. The zero-order valence-electron chi connectivity index (χ0n) is 14.0. The lowest BCUT2D eigenvalue weighted by Crippen LogP contribution is -2.28. The second-order valence-corrected chi connectivity index (χ2v) is 7.52. The highest BCUT2D eigenvalue weighted by Gasteiger charge is 2.36. The van der Waals surface area contributed by atoms with Gasteiger partial charge in [-0.15, -0.1) is 0 Å². The molecule has 0 spiro atoms. The van der Waals surface area contributed by atoms with Crippen LogP contribution in [0.15, 0.2) is 40.9 Å². The lowest BCUT2D eigenvalue weighted by atomic mass is 10.1. The van der Waals surface area contributed by atoms with Crippen LogP contribution < -0.4 is 10.2 Å². The first kappa shape index (κ1) is 18.0. The van der Waals surface area contributed by atoms with Crippen LogP contribution in [-0.2, 0) is 9.59 Å². The van der Waals surface area contributed by atoms with Gasteiger partial charge in [0.25, 0.3) is 0 Å². The maximum atomic E-state index is 12.6. The molecule has 0 aliphatic carbocycles. The van der Waals surface area contributed by atoms with Gasteiger partial charge in [-0.25, -0.2) is 0 Å². The van der Waals surface area contributed by atoms with Gasteiger partial charge in [-0.3, -0.25) is 9.59 Å². The number of halogens is 2. The molecule has 0 saturated carbocycles. The van der Waals surface area contributed by atoms with Gasteiger partial charge in [0, 0.05) is 23.1 Å². The lowest BCUT2D eigenvalue weighted by molar-refractivity contribution is -0.122. The molecule has 4 nitrogen and oxygen atoms in total. The number of carbonyl (C=O) groups excluding carboxylic acids is 2. The summed E-state index contributed by atoms with van der Waals surface area (Å²) in [5.74, 6) is -0.628. The molecule has 1 aliphatic rings. The average Bonchev–Trinajstić information content (AvgIpc) is 2.95. The number of aryl methyl sites for hydroxylation is 2. The van der Waals surface area contributed by atoms with Crippen molar-refractivity contribution in [2.45, 2.75) is 20.3 Å². The van der Waals surface area contributed by atoms with Gasteiger partial charge < -0.3 is 10.2 Å². The molecular weight excluding hydrogens is 404 g/mol. The van der Waals surface area contributed by atoms with Gasteiger partial charge in [-0.2, -0.15) is 0 Å². The number of hydrogen-bond donors (Lipinski definition) is 1. The molecule has 3 rings (SSSR count). The predicted octanol–water partition coefficient (Wildman–Crippen LogP) is 4.71. The van der Waals surface area contributed by atoms with Gasteiger partial charge in [-0.05, 0) is 49.2 Å². The first-order valence-electron chi connectivity index (χ1n) is 7.99. The number of carbonyl (C=O) groups is 2. The molecule has 1 aliphatic heterocycles. The molecule has 2 aromatic carbocycles. The van der Waals surface area contributed by atoms with Gasteiger partial charge >= 0.3 is 0 Å². The van der Waals surface area contributed by atoms with Gasteiger partial charge in [0.05, 0.1) is 16.6 Å². The highest BCUT2D eigenvalue weighted by atomic mass is 79.9.